The summed E-state index contributed by atoms with van der Waals surface area (Å²) in [7, 11) is 1.37. The van der Waals surface area contributed by atoms with Crippen LogP contribution in [0.1, 0.15) is 20.3 Å². The first kappa shape index (κ1) is 14.2. The molecule has 0 aliphatic rings. The van der Waals surface area contributed by atoms with Crippen LogP contribution in [0.15, 0.2) is 12.3 Å². The van der Waals surface area contributed by atoms with E-state index in [9.17, 15) is 4.79 Å². The van der Waals surface area contributed by atoms with Crippen LogP contribution in [0.2, 0.25) is 0 Å². The molecule has 0 radical (unpaired) electrons. The van der Waals surface area contributed by atoms with E-state index < -0.39 is 0 Å². The zero-order chi connectivity index (χ0) is 13.4. The number of aromatic nitrogens is 2. The Morgan fingerprint density at radius 2 is 2.22 bits per heavy atom. The van der Waals surface area contributed by atoms with Crippen LogP contribution < -0.4 is 9.64 Å². The van der Waals surface area contributed by atoms with Gasteiger partial charge in [0.1, 0.15) is 6.54 Å². The first-order chi connectivity index (χ1) is 8.71. The Kier molecular flexibility index (Phi) is 5.90. The van der Waals surface area contributed by atoms with E-state index in [0.717, 1.165) is 6.42 Å². The fraction of sp³-hybridized carbons (Fsp3) is 0.583. The van der Waals surface area contributed by atoms with Crippen LogP contribution in [-0.2, 0) is 9.53 Å². The molecule has 0 spiro atoms. The number of hydrogen-bond donors (Lipinski definition) is 0. The molecule has 0 N–H and O–H groups in total. The molecule has 0 unspecified atom stereocenters. The average Bonchev–Trinajstić information content (AvgIpc) is 2.39. The molecule has 0 atom stereocenters. The zero-order valence-electron chi connectivity index (χ0n) is 11.0. The smallest absolute Gasteiger partial charge is 0.325 e. The molecule has 6 heteroatoms. The van der Waals surface area contributed by atoms with Crippen molar-refractivity contribution in [2.75, 3.05) is 31.7 Å². The van der Waals surface area contributed by atoms with Gasteiger partial charge in [0.05, 0.1) is 13.7 Å². The lowest BCUT2D eigenvalue weighted by Crippen LogP contribution is -2.32. The van der Waals surface area contributed by atoms with Crippen molar-refractivity contribution in [1.82, 2.24) is 9.97 Å². The second kappa shape index (κ2) is 7.47. The first-order valence-electron chi connectivity index (χ1n) is 5.98. The SMILES string of the molecule is CCCN(CC(=O)OC)c1nccc(OCC)n1. The number of ether oxygens (including phenoxy) is 2. The number of methoxy groups -OCH3 is 1. The summed E-state index contributed by atoms with van der Waals surface area (Å²) in [6, 6.07) is 1.69. The van der Waals surface area contributed by atoms with Crippen LogP contribution in [0.5, 0.6) is 5.88 Å². The third-order valence-electron chi connectivity index (χ3n) is 2.23. The lowest BCUT2D eigenvalue weighted by Gasteiger charge is -2.20. The minimum Gasteiger partial charge on any atom is -0.478 e. The van der Waals surface area contributed by atoms with E-state index >= 15 is 0 Å². The zero-order valence-corrected chi connectivity index (χ0v) is 11.0. The largest absolute Gasteiger partial charge is 0.478 e. The number of nitrogens with zero attached hydrogens (tertiary/aromatic N) is 3. The highest BCUT2D eigenvalue weighted by Crippen LogP contribution is 2.13. The number of carbonyl (C=O) groups excluding carboxylic acids is 1. The van der Waals surface area contributed by atoms with E-state index in [2.05, 4.69) is 14.7 Å². The van der Waals surface area contributed by atoms with Gasteiger partial charge in [-0.2, -0.15) is 4.98 Å². The minimum absolute atomic E-state index is 0.139. The Bertz CT molecular complexity index is 385. The summed E-state index contributed by atoms with van der Waals surface area (Å²) < 4.78 is 9.97. The molecular weight excluding hydrogens is 234 g/mol. The molecule has 0 aromatic carbocycles. The lowest BCUT2D eigenvalue weighted by atomic mass is 10.4. The Labute approximate surface area is 107 Å². The molecule has 0 amide bonds. The number of esters is 1. The van der Waals surface area contributed by atoms with Crippen LogP contribution in [-0.4, -0.2) is 42.7 Å². The number of carbonyl (C=O) groups is 1. The maximum atomic E-state index is 11.3. The Morgan fingerprint density at radius 3 is 2.83 bits per heavy atom. The highest BCUT2D eigenvalue weighted by molar-refractivity contribution is 5.74. The van der Waals surface area contributed by atoms with Gasteiger partial charge in [0.15, 0.2) is 0 Å². The monoisotopic (exact) mass is 253 g/mol. The maximum Gasteiger partial charge on any atom is 0.325 e. The van der Waals surface area contributed by atoms with Crippen molar-refractivity contribution in [1.29, 1.82) is 0 Å². The third-order valence-corrected chi connectivity index (χ3v) is 2.23. The highest BCUT2D eigenvalue weighted by atomic mass is 16.5. The molecule has 0 bridgehead atoms. The van der Waals surface area contributed by atoms with Crippen LogP contribution >= 0.6 is 0 Å². The number of anilines is 1. The molecule has 100 valence electrons. The van der Waals surface area contributed by atoms with E-state index in [1.165, 1.54) is 7.11 Å². The van der Waals surface area contributed by atoms with Gasteiger partial charge < -0.3 is 14.4 Å². The van der Waals surface area contributed by atoms with Gasteiger partial charge in [-0.15, -0.1) is 0 Å². The second-order valence-electron chi connectivity index (χ2n) is 3.63. The molecule has 1 heterocycles. The molecule has 0 fully saturated rings. The topological polar surface area (TPSA) is 64.6 Å². The van der Waals surface area contributed by atoms with Crippen LogP contribution in [0.4, 0.5) is 5.95 Å². The van der Waals surface area contributed by atoms with Crippen molar-refractivity contribution in [3.63, 3.8) is 0 Å². The fourth-order valence-corrected chi connectivity index (χ4v) is 1.45. The summed E-state index contributed by atoms with van der Waals surface area (Å²) in [6.45, 7) is 5.28. The molecule has 0 saturated carbocycles. The van der Waals surface area contributed by atoms with Crippen LogP contribution in [0.25, 0.3) is 0 Å². The molecule has 0 aliphatic carbocycles. The first-order valence-corrected chi connectivity index (χ1v) is 5.98. The van der Waals surface area contributed by atoms with Gasteiger partial charge in [-0.1, -0.05) is 6.92 Å². The number of hydrogen-bond acceptors (Lipinski definition) is 6. The summed E-state index contributed by atoms with van der Waals surface area (Å²) in [4.78, 5) is 21.5. The summed E-state index contributed by atoms with van der Waals surface area (Å²) in [5.41, 5.74) is 0. The van der Waals surface area contributed by atoms with Crippen LogP contribution in [0.3, 0.4) is 0 Å². The maximum absolute atomic E-state index is 11.3. The second-order valence-corrected chi connectivity index (χ2v) is 3.63. The number of rotatable bonds is 7. The summed E-state index contributed by atoms with van der Waals surface area (Å²) >= 11 is 0. The van der Waals surface area contributed by atoms with Crippen molar-refractivity contribution >= 4 is 11.9 Å². The molecule has 6 nitrogen and oxygen atoms in total. The third kappa shape index (κ3) is 4.20. The van der Waals surface area contributed by atoms with Gasteiger partial charge in [-0.05, 0) is 13.3 Å². The van der Waals surface area contributed by atoms with Crippen molar-refractivity contribution in [2.24, 2.45) is 0 Å². The summed E-state index contributed by atoms with van der Waals surface area (Å²) in [5.74, 6) is 0.676. The normalized spacial score (nSPS) is 9.94. The van der Waals surface area contributed by atoms with E-state index in [4.69, 9.17) is 4.74 Å². The van der Waals surface area contributed by atoms with E-state index in [0.29, 0.717) is 25.0 Å². The summed E-state index contributed by atoms with van der Waals surface area (Å²) in [5, 5.41) is 0. The Hall–Kier alpha value is -1.85. The molecule has 1 rings (SSSR count). The standard InChI is InChI=1S/C12H19N3O3/c1-4-8-15(9-11(16)17-3)12-13-7-6-10(14-12)18-5-2/h6-7H,4-5,8-9H2,1-3H3. The predicted molar refractivity (Wildman–Crippen MR) is 67.7 cm³/mol. The lowest BCUT2D eigenvalue weighted by molar-refractivity contribution is -0.138. The molecule has 1 aromatic heterocycles. The van der Waals surface area contributed by atoms with Crippen LogP contribution in [0, 0.1) is 0 Å². The summed E-state index contributed by atoms with van der Waals surface area (Å²) in [6.07, 6.45) is 2.51. The fourth-order valence-electron chi connectivity index (χ4n) is 1.45. The van der Waals surface area contributed by atoms with E-state index in [-0.39, 0.29) is 12.5 Å². The molecular formula is C12H19N3O3. The van der Waals surface area contributed by atoms with Gasteiger partial charge in [0.25, 0.3) is 0 Å². The molecule has 0 aliphatic heterocycles. The Balaban J connectivity index is 2.83. The highest BCUT2D eigenvalue weighted by Gasteiger charge is 2.14. The minimum atomic E-state index is -0.311. The van der Waals surface area contributed by atoms with Gasteiger partial charge in [-0.3, -0.25) is 4.79 Å². The molecule has 18 heavy (non-hydrogen) atoms. The molecule has 1 aromatic rings. The molecule has 0 saturated heterocycles. The van der Waals surface area contributed by atoms with Crippen molar-refractivity contribution in [3.8, 4) is 5.88 Å². The quantitative estimate of drug-likeness (QED) is 0.682. The van der Waals surface area contributed by atoms with E-state index in [1.807, 2.05) is 13.8 Å². The van der Waals surface area contributed by atoms with Gasteiger partial charge in [0, 0.05) is 18.8 Å². The van der Waals surface area contributed by atoms with Gasteiger partial charge in [0.2, 0.25) is 11.8 Å². The predicted octanol–water partition coefficient (Wildman–Crippen LogP) is 1.26. The van der Waals surface area contributed by atoms with Crippen molar-refractivity contribution < 1.29 is 14.3 Å². The Morgan fingerprint density at radius 1 is 1.44 bits per heavy atom. The van der Waals surface area contributed by atoms with Crippen molar-refractivity contribution in [2.45, 2.75) is 20.3 Å². The van der Waals surface area contributed by atoms with Gasteiger partial charge >= 0.3 is 5.97 Å². The van der Waals surface area contributed by atoms with E-state index in [1.54, 1.807) is 17.2 Å². The van der Waals surface area contributed by atoms with Crippen molar-refractivity contribution in [3.05, 3.63) is 12.3 Å². The van der Waals surface area contributed by atoms with Gasteiger partial charge in [-0.25, -0.2) is 4.98 Å². The average molecular weight is 253 g/mol.